The van der Waals surface area contributed by atoms with Gasteiger partial charge in [-0.25, -0.2) is 0 Å². The molecule has 148 valence electrons. The summed E-state index contributed by atoms with van der Waals surface area (Å²) >= 11 is 0. The van der Waals surface area contributed by atoms with E-state index < -0.39 is 28.3 Å². The number of nitrogens with zero attached hydrogens (tertiary/aromatic N) is 1. The van der Waals surface area contributed by atoms with Crippen LogP contribution >= 0.6 is 0 Å². The first-order valence-corrected chi connectivity index (χ1v) is 9.44. The van der Waals surface area contributed by atoms with Crippen molar-refractivity contribution in [3.63, 3.8) is 0 Å². The fraction of sp³-hybridized carbons (Fsp3) is 0.364. The summed E-state index contributed by atoms with van der Waals surface area (Å²) in [6.07, 6.45) is -0.892. The minimum Gasteiger partial charge on any atom is -0.435 e. The van der Waals surface area contributed by atoms with Gasteiger partial charge in [-0.15, -0.1) is 4.48 Å². The quantitative estimate of drug-likeness (QED) is 0.762. The lowest BCUT2D eigenvalue weighted by Crippen LogP contribution is -2.60. The lowest BCUT2D eigenvalue weighted by Gasteiger charge is -2.29. The average Bonchev–Trinajstić information content (AvgIpc) is 2.98. The molecule has 2 aromatic rings. The molecule has 2 unspecified atom stereocenters. The Morgan fingerprint density at radius 3 is 2.21 bits per heavy atom. The van der Waals surface area contributed by atoms with E-state index in [-0.39, 0.29) is 19.6 Å². The van der Waals surface area contributed by atoms with Gasteiger partial charge in [0.25, 0.3) is 0 Å². The summed E-state index contributed by atoms with van der Waals surface area (Å²) in [6.45, 7) is 1.49. The lowest BCUT2D eigenvalue weighted by molar-refractivity contribution is -0.799. The van der Waals surface area contributed by atoms with Gasteiger partial charge in [-0.1, -0.05) is 60.7 Å². The van der Waals surface area contributed by atoms with E-state index in [1.54, 1.807) is 6.92 Å². The molecule has 0 bridgehead atoms. The first-order chi connectivity index (χ1) is 13.4. The molecule has 28 heavy (non-hydrogen) atoms. The van der Waals surface area contributed by atoms with Crippen molar-refractivity contribution in [3.05, 3.63) is 71.8 Å². The molecule has 1 saturated heterocycles. The molecular formula is C22H26NO5+. The maximum atomic E-state index is 12.8. The number of quaternary nitrogens is 1. The molecule has 3 atom stereocenters. The number of ether oxygens (including phenoxy) is 1. The summed E-state index contributed by atoms with van der Waals surface area (Å²) in [5.74, 6) is 0. The maximum Gasteiger partial charge on any atom is 0.527 e. The minimum atomic E-state index is -1.29. The predicted molar refractivity (Wildman–Crippen MR) is 104 cm³/mol. The number of carbonyl (C=O) groups is 2. The number of benzene rings is 2. The second kappa shape index (κ2) is 8.12. The van der Waals surface area contributed by atoms with Gasteiger partial charge in [0.2, 0.25) is 0 Å². The predicted octanol–water partition coefficient (Wildman–Crippen LogP) is 3.97. The van der Waals surface area contributed by atoms with Gasteiger partial charge < -0.3 is 14.9 Å². The van der Waals surface area contributed by atoms with Crippen LogP contribution in [0.2, 0.25) is 0 Å². The molecule has 1 aliphatic heterocycles. The van der Waals surface area contributed by atoms with Gasteiger partial charge in [0, 0.05) is 6.42 Å². The molecule has 2 N–H and O–H groups in total. The molecule has 0 saturated carbocycles. The van der Waals surface area contributed by atoms with Crippen LogP contribution in [0.15, 0.2) is 60.7 Å². The Morgan fingerprint density at radius 1 is 1.07 bits per heavy atom. The number of carboxylic acid groups (broad SMARTS) is 1. The number of aryl methyl sites for hydroxylation is 1. The normalized spacial score (nSPS) is 26.7. The van der Waals surface area contributed by atoms with E-state index in [4.69, 9.17) is 4.74 Å². The zero-order chi connectivity index (χ0) is 20.2. The Bertz CT molecular complexity index is 825. The van der Waals surface area contributed by atoms with Crippen molar-refractivity contribution >= 4 is 12.2 Å². The number of hydrogen-bond acceptors (Lipinski definition) is 4. The second-order valence-electron chi connectivity index (χ2n) is 7.61. The zero-order valence-corrected chi connectivity index (χ0v) is 16.0. The van der Waals surface area contributed by atoms with E-state index in [0.29, 0.717) is 12.8 Å². The number of rotatable bonds is 5. The van der Waals surface area contributed by atoms with Crippen LogP contribution in [-0.4, -0.2) is 45.1 Å². The summed E-state index contributed by atoms with van der Waals surface area (Å²) in [7, 11) is 0. The van der Waals surface area contributed by atoms with Gasteiger partial charge in [-0.2, -0.15) is 9.59 Å². The molecule has 1 aliphatic rings. The molecule has 0 aromatic heterocycles. The number of amides is 2. The first kappa shape index (κ1) is 20.0. The highest BCUT2D eigenvalue weighted by molar-refractivity contribution is 5.76. The zero-order valence-electron chi connectivity index (χ0n) is 16.0. The number of likely N-dealkylation sites (tertiary alicyclic amines) is 1. The molecule has 2 aromatic carbocycles. The van der Waals surface area contributed by atoms with Gasteiger partial charge in [-0.05, 0) is 30.9 Å². The van der Waals surface area contributed by atoms with Crippen molar-refractivity contribution < 1.29 is 29.0 Å². The summed E-state index contributed by atoms with van der Waals surface area (Å²) in [5.41, 5.74) is 0.612. The molecule has 1 heterocycles. The van der Waals surface area contributed by atoms with Crippen LogP contribution in [0, 0.1) is 0 Å². The van der Waals surface area contributed by atoms with Crippen LogP contribution in [-0.2, 0) is 17.8 Å². The van der Waals surface area contributed by atoms with E-state index in [2.05, 4.69) is 0 Å². The Hall–Kier alpha value is -2.70. The van der Waals surface area contributed by atoms with Gasteiger partial charge in [0.1, 0.15) is 24.8 Å². The minimum absolute atomic E-state index is 0.00210. The Balaban J connectivity index is 1.72. The SMILES string of the molecule is C[C@@H]1CC(O)(CCc2ccccc2)C[N+]1(C(=O)O)C(=O)OCc1ccccc1. The van der Waals surface area contributed by atoms with Gasteiger partial charge in [0.05, 0.1) is 0 Å². The fourth-order valence-corrected chi connectivity index (χ4v) is 4.01. The van der Waals surface area contributed by atoms with E-state index in [9.17, 15) is 19.8 Å². The first-order valence-electron chi connectivity index (χ1n) is 9.44. The third-order valence-corrected chi connectivity index (χ3v) is 5.57. The number of carbonyl (C=O) groups excluding carboxylic acids is 1. The van der Waals surface area contributed by atoms with Gasteiger partial charge in [0.15, 0.2) is 0 Å². The molecule has 0 aliphatic carbocycles. The number of imide groups is 1. The summed E-state index contributed by atoms with van der Waals surface area (Å²) in [4.78, 5) is 24.9. The molecular weight excluding hydrogens is 358 g/mol. The largest absolute Gasteiger partial charge is 0.527 e. The van der Waals surface area contributed by atoms with Crippen LogP contribution in [0.3, 0.4) is 0 Å². The monoisotopic (exact) mass is 384 g/mol. The van der Waals surface area contributed by atoms with E-state index in [0.717, 1.165) is 11.1 Å². The van der Waals surface area contributed by atoms with Crippen LogP contribution < -0.4 is 0 Å². The van der Waals surface area contributed by atoms with Gasteiger partial charge in [-0.3, -0.25) is 0 Å². The molecule has 6 heteroatoms. The molecule has 0 spiro atoms. The number of aliphatic hydroxyl groups is 1. The van der Waals surface area contributed by atoms with Crippen molar-refractivity contribution in [1.29, 1.82) is 0 Å². The van der Waals surface area contributed by atoms with Crippen molar-refractivity contribution in [1.82, 2.24) is 0 Å². The third kappa shape index (κ3) is 4.08. The summed E-state index contributed by atoms with van der Waals surface area (Å²) < 4.78 is 4.44. The van der Waals surface area contributed by atoms with Crippen LogP contribution in [0.25, 0.3) is 0 Å². The molecule has 1 fully saturated rings. The summed E-state index contributed by atoms with van der Waals surface area (Å²) in [5, 5.41) is 20.9. The van der Waals surface area contributed by atoms with E-state index >= 15 is 0 Å². The van der Waals surface area contributed by atoms with E-state index in [1.165, 1.54) is 0 Å². The Kier molecular flexibility index (Phi) is 5.82. The molecule has 6 nitrogen and oxygen atoms in total. The maximum absolute atomic E-state index is 12.8. The Morgan fingerprint density at radius 2 is 1.64 bits per heavy atom. The molecule has 2 amide bonds. The topological polar surface area (TPSA) is 83.8 Å². The van der Waals surface area contributed by atoms with Crippen molar-refractivity contribution in [2.45, 2.75) is 44.4 Å². The Labute approximate surface area is 164 Å². The number of hydrogen-bond donors (Lipinski definition) is 2. The average molecular weight is 384 g/mol. The molecule has 3 rings (SSSR count). The summed E-state index contributed by atoms with van der Waals surface area (Å²) in [6, 6.07) is 18.2. The van der Waals surface area contributed by atoms with Crippen molar-refractivity contribution in [3.8, 4) is 0 Å². The van der Waals surface area contributed by atoms with Crippen molar-refractivity contribution in [2.24, 2.45) is 0 Å². The second-order valence-corrected chi connectivity index (χ2v) is 7.61. The third-order valence-electron chi connectivity index (χ3n) is 5.57. The van der Waals surface area contributed by atoms with Crippen molar-refractivity contribution in [2.75, 3.05) is 6.54 Å². The van der Waals surface area contributed by atoms with E-state index in [1.807, 2.05) is 60.7 Å². The van der Waals surface area contributed by atoms with Crippen LogP contribution in [0.4, 0.5) is 9.59 Å². The van der Waals surface area contributed by atoms with Crippen LogP contribution in [0.5, 0.6) is 0 Å². The fourth-order valence-electron chi connectivity index (χ4n) is 4.01. The highest BCUT2D eigenvalue weighted by Gasteiger charge is 2.63. The highest BCUT2D eigenvalue weighted by Crippen LogP contribution is 2.38. The standard InChI is InChI=1S/C22H25NO5/c1-17-14-22(27,13-12-18-8-4-2-5-9-18)16-23(17,20(24)25)21(26)28-15-19-10-6-3-7-11-19/h2-11,17,27H,12-16H2,1H3/p+1/t17-,22?,23?/m1/s1. The smallest absolute Gasteiger partial charge is 0.435 e. The van der Waals surface area contributed by atoms with Gasteiger partial charge >= 0.3 is 12.2 Å². The lowest BCUT2D eigenvalue weighted by atomic mass is 9.92. The van der Waals surface area contributed by atoms with Crippen LogP contribution in [0.1, 0.15) is 30.9 Å². The molecule has 0 radical (unpaired) electrons. The highest BCUT2D eigenvalue weighted by atomic mass is 16.6.